The minimum atomic E-state index is -0.937. The zero-order valence-electron chi connectivity index (χ0n) is 14.5. The van der Waals surface area contributed by atoms with Crippen LogP contribution in [0.25, 0.3) is 22.4 Å². The molecule has 1 aliphatic heterocycles. The number of hydrogen-bond acceptors (Lipinski definition) is 4. The number of rotatable bonds is 3. The standard InChI is InChI=1S/C18H16F2N4O2.2ClH/c19-12-7-14-15(8-13(12)20)24-17(23-14)10-1-3-11(4-2-10)22-18(25)16-9-21-5-6-26-16;;/h1-4,7-8,16,21H,5-6,9H2,(H,22,25)(H,23,24);2*1H/t16-;;/m1../s1. The molecule has 1 aromatic heterocycles. The van der Waals surface area contributed by atoms with Crippen molar-refractivity contribution in [2.24, 2.45) is 0 Å². The van der Waals surface area contributed by atoms with Crippen molar-refractivity contribution in [2.45, 2.75) is 6.10 Å². The number of anilines is 1. The number of amides is 1. The summed E-state index contributed by atoms with van der Waals surface area (Å²) in [6.45, 7) is 1.73. The van der Waals surface area contributed by atoms with E-state index < -0.39 is 17.7 Å². The van der Waals surface area contributed by atoms with Crippen molar-refractivity contribution >= 4 is 47.4 Å². The fraction of sp³-hybridized carbons (Fsp3) is 0.222. The normalized spacial score (nSPS) is 16.1. The fourth-order valence-electron chi connectivity index (χ4n) is 2.81. The summed E-state index contributed by atoms with van der Waals surface area (Å²) in [5.74, 6) is -1.58. The van der Waals surface area contributed by atoms with E-state index in [1.54, 1.807) is 24.3 Å². The van der Waals surface area contributed by atoms with E-state index in [9.17, 15) is 13.6 Å². The number of carbonyl (C=O) groups excluding carboxylic acids is 1. The van der Waals surface area contributed by atoms with Crippen LogP contribution in [0.1, 0.15) is 0 Å². The van der Waals surface area contributed by atoms with Gasteiger partial charge in [-0.1, -0.05) is 0 Å². The second-order valence-corrected chi connectivity index (χ2v) is 6.00. The molecular formula is C18H18Cl2F2N4O2. The van der Waals surface area contributed by atoms with Crippen LogP contribution in [-0.2, 0) is 9.53 Å². The third kappa shape index (κ3) is 4.59. The van der Waals surface area contributed by atoms with Crippen LogP contribution in [-0.4, -0.2) is 41.7 Å². The second-order valence-electron chi connectivity index (χ2n) is 6.00. The van der Waals surface area contributed by atoms with Crippen molar-refractivity contribution in [2.75, 3.05) is 25.0 Å². The van der Waals surface area contributed by atoms with E-state index >= 15 is 0 Å². The van der Waals surface area contributed by atoms with E-state index in [-0.39, 0.29) is 30.7 Å². The Bertz CT molecular complexity index is 921. The molecule has 1 aliphatic rings. The molecule has 0 radical (unpaired) electrons. The highest BCUT2D eigenvalue weighted by Gasteiger charge is 2.21. The lowest BCUT2D eigenvalue weighted by molar-refractivity contribution is -0.128. The molecule has 1 saturated heterocycles. The van der Waals surface area contributed by atoms with Crippen LogP contribution in [0.2, 0.25) is 0 Å². The molecule has 1 fully saturated rings. The lowest BCUT2D eigenvalue weighted by Gasteiger charge is -2.22. The monoisotopic (exact) mass is 430 g/mol. The SMILES string of the molecule is Cl.Cl.O=C(Nc1ccc(-c2nc3cc(F)c(F)cc3[nH]2)cc1)[C@H]1CNCCO1. The number of nitrogens with one attached hydrogen (secondary N) is 3. The molecule has 3 N–H and O–H groups in total. The van der Waals surface area contributed by atoms with Gasteiger partial charge in [-0.3, -0.25) is 4.79 Å². The third-order valence-electron chi connectivity index (χ3n) is 4.17. The topological polar surface area (TPSA) is 79.0 Å². The summed E-state index contributed by atoms with van der Waals surface area (Å²) >= 11 is 0. The number of imidazole rings is 1. The molecular weight excluding hydrogens is 413 g/mol. The highest BCUT2D eigenvalue weighted by atomic mass is 35.5. The lowest BCUT2D eigenvalue weighted by atomic mass is 10.2. The molecule has 4 rings (SSSR count). The molecule has 28 heavy (non-hydrogen) atoms. The predicted octanol–water partition coefficient (Wildman–Crippen LogP) is 3.28. The number of fused-ring (bicyclic) bond motifs is 1. The lowest BCUT2D eigenvalue weighted by Crippen LogP contribution is -2.45. The Balaban J connectivity index is 0.00000140. The number of halogens is 4. The van der Waals surface area contributed by atoms with Crippen molar-refractivity contribution in [3.63, 3.8) is 0 Å². The van der Waals surface area contributed by atoms with Gasteiger partial charge in [-0.05, 0) is 24.3 Å². The minimum absolute atomic E-state index is 0. The number of H-pyrrole nitrogens is 1. The van der Waals surface area contributed by atoms with Crippen molar-refractivity contribution < 1.29 is 18.3 Å². The Kier molecular flexibility index (Phi) is 7.31. The van der Waals surface area contributed by atoms with Crippen LogP contribution in [0.4, 0.5) is 14.5 Å². The molecule has 0 unspecified atom stereocenters. The van der Waals surface area contributed by atoms with Gasteiger partial charge in [0.1, 0.15) is 11.9 Å². The summed E-state index contributed by atoms with van der Waals surface area (Å²) in [5.41, 5.74) is 2.12. The predicted molar refractivity (Wildman–Crippen MR) is 107 cm³/mol. The van der Waals surface area contributed by atoms with Gasteiger partial charge in [0.05, 0.1) is 17.6 Å². The fourth-order valence-corrected chi connectivity index (χ4v) is 2.81. The molecule has 0 saturated carbocycles. The number of ether oxygens (including phenoxy) is 1. The molecule has 1 atom stereocenters. The second kappa shape index (κ2) is 9.29. The average molecular weight is 431 g/mol. The zero-order chi connectivity index (χ0) is 18.1. The molecule has 2 aromatic carbocycles. The van der Waals surface area contributed by atoms with Crippen LogP contribution in [0.3, 0.4) is 0 Å². The van der Waals surface area contributed by atoms with E-state index in [4.69, 9.17) is 4.74 Å². The number of benzene rings is 2. The Morgan fingerprint density at radius 2 is 1.86 bits per heavy atom. The molecule has 0 aliphatic carbocycles. The first-order chi connectivity index (χ1) is 12.6. The van der Waals surface area contributed by atoms with E-state index in [1.807, 2.05) is 0 Å². The first-order valence-electron chi connectivity index (χ1n) is 8.18. The first-order valence-corrected chi connectivity index (χ1v) is 8.18. The highest BCUT2D eigenvalue weighted by molar-refractivity contribution is 5.94. The summed E-state index contributed by atoms with van der Waals surface area (Å²) in [5, 5.41) is 5.90. The van der Waals surface area contributed by atoms with Crippen LogP contribution >= 0.6 is 24.8 Å². The maximum atomic E-state index is 13.3. The van der Waals surface area contributed by atoms with Crippen molar-refractivity contribution in [1.82, 2.24) is 15.3 Å². The van der Waals surface area contributed by atoms with Gasteiger partial charge < -0.3 is 20.4 Å². The van der Waals surface area contributed by atoms with Gasteiger partial charge in [0.15, 0.2) is 11.6 Å². The van der Waals surface area contributed by atoms with Gasteiger partial charge in [0.25, 0.3) is 5.91 Å². The van der Waals surface area contributed by atoms with Crippen molar-refractivity contribution in [3.05, 3.63) is 48.0 Å². The largest absolute Gasteiger partial charge is 0.366 e. The molecule has 1 amide bonds. The Hall–Kier alpha value is -2.26. The van der Waals surface area contributed by atoms with Crippen LogP contribution in [0, 0.1) is 11.6 Å². The highest BCUT2D eigenvalue weighted by Crippen LogP contribution is 2.23. The van der Waals surface area contributed by atoms with Gasteiger partial charge in [-0.25, -0.2) is 13.8 Å². The summed E-state index contributed by atoms with van der Waals surface area (Å²) < 4.78 is 32.0. The summed E-state index contributed by atoms with van der Waals surface area (Å²) in [6, 6.07) is 9.13. The van der Waals surface area contributed by atoms with Gasteiger partial charge in [-0.15, -0.1) is 24.8 Å². The Morgan fingerprint density at radius 1 is 1.14 bits per heavy atom. The molecule has 3 aromatic rings. The summed E-state index contributed by atoms with van der Waals surface area (Å²) in [6.07, 6.45) is -0.511. The number of aromatic nitrogens is 2. The number of aromatic amines is 1. The Labute approximate surface area is 171 Å². The van der Waals surface area contributed by atoms with E-state index in [2.05, 4.69) is 20.6 Å². The van der Waals surface area contributed by atoms with E-state index in [0.29, 0.717) is 35.7 Å². The molecule has 6 nitrogen and oxygen atoms in total. The van der Waals surface area contributed by atoms with Crippen LogP contribution in [0.5, 0.6) is 0 Å². The van der Waals surface area contributed by atoms with Crippen LogP contribution in [0.15, 0.2) is 36.4 Å². The first kappa shape index (κ1) is 22.0. The summed E-state index contributed by atoms with van der Waals surface area (Å²) in [4.78, 5) is 19.4. The Morgan fingerprint density at radius 3 is 2.54 bits per heavy atom. The molecule has 2 heterocycles. The van der Waals surface area contributed by atoms with Crippen molar-refractivity contribution in [1.29, 1.82) is 0 Å². The van der Waals surface area contributed by atoms with E-state index in [1.165, 1.54) is 0 Å². The average Bonchev–Trinajstić information content (AvgIpc) is 3.06. The third-order valence-corrected chi connectivity index (χ3v) is 4.17. The van der Waals surface area contributed by atoms with Gasteiger partial charge >= 0.3 is 0 Å². The summed E-state index contributed by atoms with van der Waals surface area (Å²) in [7, 11) is 0. The van der Waals surface area contributed by atoms with Gasteiger partial charge in [-0.2, -0.15) is 0 Å². The number of nitrogens with zero attached hydrogens (tertiary/aromatic N) is 1. The molecule has 150 valence electrons. The molecule has 0 bridgehead atoms. The quantitative estimate of drug-likeness (QED) is 0.595. The maximum absolute atomic E-state index is 13.3. The van der Waals surface area contributed by atoms with Crippen LogP contribution < -0.4 is 10.6 Å². The molecule has 10 heteroatoms. The number of hydrogen-bond donors (Lipinski definition) is 3. The minimum Gasteiger partial charge on any atom is -0.366 e. The molecule has 0 spiro atoms. The smallest absolute Gasteiger partial charge is 0.254 e. The zero-order valence-corrected chi connectivity index (χ0v) is 16.1. The van der Waals surface area contributed by atoms with Gasteiger partial charge in [0, 0.05) is 36.5 Å². The number of morpholine rings is 1. The van der Waals surface area contributed by atoms with Crippen molar-refractivity contribution in [3.8, 4) is 11.4 Å². The number of carbonyl (C=O) groups is 1. The van der Waals surface area contributed by atoms with Gasteiger partial charge in [0.2, 0.25) is 0 Å². The van der Waals surface area contributed by atoms with E-state index in [0.717, 1.165) is 24.2 Å². The maximum Gasteiger partial charge on any atom is 0.254 e.